The van der Waals surface area contributed by atoms with Gasteiger partial charge in [0.2, 0.25) is 11.8 Å². The molecule has 9 heteroatoms. The van der Waals surface area contributed by atoms with Crippen LogP contribution in [-0.4, -0.2) is 54.5 Å². The third-order valence-electron chi connectivity index (χ3n) is 5.60. The molecule has 0 radical (unpaired) electrons. The van der Waals surface area contributed by atoms with Crippen molar-refractivity contribution in [2.75, 3.05) is 25.0 Å². The van der Waals surface area contributed by atoms with Crippen LogP contribution in [0.2, 0.25) is 4.34 Å². The van der Waals surface area contributed by atoms with Gasteiger partial charge < -0.3 is 15.4 Å². The highest BCUT2D eigenvalue weighted by molar-refractivity contribution is 7.21. The number of nitrogens with zero attached hydrogens (tertiary/aromatic N) is 1. The number of anilines is 1. The van der Waals surface area contributed by atoms with Gasteiger partial charge in [-0.15, -0.1) is 11.3 Å². The molecule has 1 saturated carbocycles. The van der Waals surface area contributed by atoms with Crippen LogP contribution in [0.3, 0.4) is 0 Å². The number of ether oxygens (including phenoxy) is 1. The van der Waals surface area contributed by atoms with E-state index in [0.717, 1.165) is 42.6 Å². The lowest BCUT2D eigenvalue weighted by atomic mass is 10.0. The first-order chi connectivity index (χ1) is 15.5. The Hall–Kier alpha value is -2.42. The van der Waals surface area contributed by atoms with Crippen LogP contribution in [0.25, 0.3) is 11.1 Å². The quantitative estimate of drug-likeness (QED) is 0.565. The molecule has 2 N–H and O–H groups in total. The van der Waals surface area contributed by atoms with Crippen molar-refractivity contribution in [3.05, 3.63) is 40.2 Å². The van der Waals surface area contributed by atoms with Crippen LogP contribution in [0.1, 0.15) is 43.0 Å². The summed E-state index contributed by atoms with van der Waals surface area (Å²) in [5, 5.41) is 6.23. The smallest absolute Gasteiger partial charge is 0.341 e. The number of carbonyl (C=O) groups is 3. The predicted octanol–water partition coefficient (Wildman–Crippen LogP) is 3.93. The van der Waals surface area contributed by atoms with Gasteiger partial charge in [0.15, 0.2) is 0 Å². The normalized spacial score (nSPS) is 18.4. The standard InChI is InChI=1S/C23H26ClN3O4S/c1-2-31-23(30)19-18(14-7-4-3-5-8-14)20(24)32-22(19)26-17(28)13-27-12-6-9-16(27)21(29)25-15-10-11-15/h3-5,7-8,15-16H,2,6,9-13H2,1H3,(H,25,29)(H,26,28)/t16-/m1/s1. The molecule has 32 heavy (non-hydrogen) atoms. The number of esters is 1. The van der Waals surface area contributed by atoms with Crippen molar-refractivity contribution >= 4 is 45.7 Å². The van der Waals surface area contributed by atoms with Gasteiger partial charge >= 0.3 is 5.97 Å². The van der Waals surface area contributed by atoms with Gasteiger partial charge in [-0.3, -0.25) is 14.5 Å². The minimum absolute atomic E-state index is 0.00413. The maximum absolute atomic E-state index is 12.9. The average molecular weight is 476 g/mol. The average Bonchev–Trinajstić information content (AvgIpc) is 3.35. The van der Waals surface area contributed by atoms with Crippen LogP contribution in [0, 0.1) is 0 Å². The van der Waals surface area contributed by atoms with Crippen LogP contribution in [0.4, 0.5) is 5.00 Å². The van der Waals surface area contributed by atoms with Gasteiger partial charge in [-0.1, -0.05) is 41.9 Å². The van der Waals surface area contributed by atoms with Gasteiger partial charge in [0.05, 0.1) is 19.2 Å². The van der Waals surface area contributed by atoms with E-state index >= 15 is 0 Å². The van der Waals surface area contributed by atoms with E-state index in [4.69, 9.17) is 16.3 Å². The fourth-order valence-electron chi connectivity index (χ4n) is 3.94. The van der Waals surface area contributed by atoms with E-state index in [0.29, 0.717) is 21.4 Å². The number of halogens is 1. The third kappa shape index (κ3) is 5.14. The van der Waals surface area contributed by atoms with Crippen LogP contribution in [0.5, 0.6) is 0 Å². The second-order valence-corrected chi connectivity index (χ2v) is 9.62. The molecule has 2 aromatic rings. The van der Waals surface area contributed by atoms with Crippen molar-refractivity contribution in [2.45, 2.75) is 44.7 Å². The van der Waals surface area contributed by atoms with Crippen molar-refractivity contribution in [1.29, 1.82) is 0 Å². The van der Waals surface area contributed by atoms with E-state index < -0.39 is 5.97 Å². The Balaban J connectivity index is 1.52. The molecule has 2 heterocycles. The highest BCUT2D eigenvalue weighted by Crippen LogP contribution is 2.44. The Bertz CT molecular complexity index is 1010. The monoisotopic (exact) mass is 475 g/mol. The van der Waals surface area contributed by atoms with Crippen molar-refractivity contribution < 1.29 is 19.1 Å². The molecule has 1 aliphatic heterocycles. The van der Waals surface area contributed by atoms with Crippen LogP contribution >= 0.6 is 22.9 Å². The molecule has 0 bridgehead atoms. The molecular weight excluding hydrogens is 450 g/mol. The van der Waals surface area contributed by atoms with E-state index in [9.17, 15) is 14.4 Å². The molecule has 1 aromatic heterocycles. The highest BCUT2D eigenvalue weighted by Gasteiger charge is 2.35. The maximum Gasteiger partial charge on any atom is 0.341 e. The zero-order valence-electron chi connectivity index (χ0n) is 17.9. The molecule has 1 atom stereocenters. The Kier molecular flexibility index (Phi) is 7.13. The number of likely N-dealkylation sites (tertiary alicyclic amines) is 1. The molecule has 2 fully saturated rings. The van der Waals surface area contributed by atoms with Gasteiger partial charge in [-0.2, -0.15) is 0 Å². The van der Waals surface area contributed by atoms with Crippen molar-refractivity contribution in [3.63, 3.8) is 0 Å². The lowest BCUT2D eigenvalue weighted by Crippen LogP contribution is -2.46. The SMILES string of the molecule is CCOC(=O)c1c(NC(=O)CN2CCC[C@@H]2C(=O)NC2CC2)sc(Cl)c1-c1ccccc1. The van der Waals surface area contributed by atoms with Gasteiger partial charge in [0.1, 0.15) is 14.9 Å². The molecule has 0 spiro atoms. The third-order valence-corrected chi connectivity index (χ3v) is 6.91. The minimum Gasteiger partial charge on any atom is -0.462 e. The number of thiophene rings is 1. The van der Waals surface area contributed by atoms with E-state index in [2.05, 4.69) is 10.6 Å². The maximum atomic E-state index is 12.9. The fraction of sp³-hybridized carbons (Fsp3) is 0.435. The Labute approximate surface area is 196 Å². The number of benzene rings is 1. The summed E-state index contributed by atoms with van der Waals surface area (Å²) in [6, 6.07) is 9.30. The lowest BCUT2D eigenvalue weighted by Gasteiger charge is -2.23. The summed E-state index contributed by atoms with van der Waals surface area (Å²) >= 11 is 7.63. The summed E-state index contributed by atoms with van der Waals surface area (Å²) in [6.45, 7) is 2.69. The summed E-state index contributed by atoms with van der Waals surface area (Å²) in [5.41, 5.74) is 1.58. The van der Waals surface area contributed by atoms with Gasteiger partial charge in [0.25, 0.3) is 0 Å². The predicted molar refractivity (Wildman–Crippen MR) is 125 cm³/mol. The van der Waals surface area contributed by atoms with E-state index in [-0.39, 0.29) is 42.6 Å². The zero-order valence-corrected chi connectivity index (χ0v) is 19.4. The number of carbonyl (C=O) groups excluding carboxylic acids is 3. The number of nitrogens with one attached hydrogen (secondary N) is 2. The number of amides is 2. The van der Waals surface area contributed by atoms with Gasteiger partial charge in [-0.25, -0.2) is 4.79 Å². The van der Waals surface area contributed by atoms with Crippen molar-refractivity contribution in [1.82, 2.24) is 10.2 Å². The summed E-state index contributed by atoms with van der Waals surface area (Å²) < 4.78 is 5.65. The molecule has 170 valence electrons. The summed E-state index contributed by atoms with van der Waals surface area (Å²) in [6.07, 6.45) is 3.66. The number of hydrogen-bond donors (Lipinski definition) is 2. The first-order valence-corrected chi connectivity index (χ1v) is 12.1. The van der Waals surface area contributed by atoms with E-state index in [1.807, 2.05) is 35.2 Å². The second-order valence-electron chi connectivity index (χ2n) is 8.00. The molecule has 4 rings (SSSR count). The first kappa shape index (κ1) is 22.8. The van der Waals surface area contributed by atoms with Gasteiger partial charge in [-0.05, 0) is 44.7 Å². The first-order valence-electron chi connectivity index (χ1n) is 10.9. The Morgan fingerprint density at radius 2 is 1.94 bits per heavy atom. The molecule has 2 aliphatic rings. The highest BCUT2D eigenvalue weighted by atomic mass is 35.5. The lowest BCUT2D eigenvalue weighted by molar-refractivity contribution is -0.126. The van der Waals surface area contributed by atoms with E-state index in [1.54, 1.807) is 6.92 Å². The van der Waals surface area contributed by atoms with Crippen LogP contribution in [-0.2, 0) is 14.3 Å². The summed E-state index contributed by atoms with van der Waals surface area (Å²) in [5.74, 6) is -0.831. The Morgan fingerprint density at radius 1 is 1.19 bits per heavy atom. The Morgan fingerprint density at radius 3 is 2.62 bits per heavy atom. The van der Waals surface area contributed by atoms with E-state index in [1.165, 1.54) is 0 Å². The molecule has 7 nitrogen and oxygen atoms in total. The zero-order chi connectivity index (χ0) is 22.7. The van der Waals surface area contributed by atoms with Crippen LogP contribution in [0.15, 0.2) is 30.3 Å². The molecule has 0 unspecified atom stereocenters. The molecule has 1 saturated heterocycles. The van der Waals surface area contributed by atoms with Crippen LogP contribution < -0.4 is 10.6 Å². The summed E-state index contributed by atoms with van der Waals surface area (Å²) in [7, 11) is 0. The second kappa shape index (κ2) is 10.0. The minimum atomic E-state index is -0.535. The van der Waals surface area contributed by atoms with Crippen molar-refractivity contribution in [2.24, 2.45) is 0 Å². The summed E-state index contributed by atoms with van der Waals surface area (Å²) in [4.78, 5) is 40.0. The van der Waals surface area contributed by atoms with Crippen molar-refractivity contribution in [3.8, 4) is 11.1 Å². The van der Waals surface area contributed by atoms with Gasteiger partial charge in [0, 0.05) is 11.6 Å². The molecule has 1 aliphatic carbocycles. The molecule has 2 amide bonds. The molecule has 1 aromatic carbocycles. The largest absolute Gasteiger partial charge is 0.462 e. The molecular formula is C23H26ClN3O4S. The fourth-order valence-corrected chi connectivity index (χ4v) is 5.33. The number of hydrogen-bond acceptors (Lipinski definition) is 6. The topological polar surface area (TPSA) is 87.7 Å². The number of rotatable bonds is 8.